The van der Waals surface area contributed by atoms with Gasteiger partial charge in [0.1, 0.15) is 12.0 Å². The zero-order valence-corrected chi connectivity index (χ0v) is 18.6. The Morgan fingerprint density at radius 2 is 1.76 bits per heavy atom. The van der Waals surface area contributed by atoms with Crippen LogP contribution < -0.4 is 0 Å². The Morgan fingerprint density at radius 1 is 1.09 bits per heavy atom. The van der Waals surface area contributed by atoms with E-state index >= 15 is 0 Å². The van der Waals surface area contributed by atoms with Crippen molar-refractivity contribution >= 4 is 6.03 Å². The number of likely N-dealkylation sites (tertiary alicyclic amines) is 2. The largest absolute Gasteiger partial charge is 0.323 e. The number of nitrogens with zero attached hydrogens (tertiary/aromatic N) is 6. The van der Waals surface area contributed by atoms with E-state index in [0.717, 1.165) is 69.8 Å². The van der Waals surface area contributed by atoms with Crippen molar-refractivity contribution in [2.75, 3.05) is 26.2 Å². The van der Waals surface area contributed by atoms with E-state index in [2.05, 4.69) is 20.3 Å². The number of H-pyrrole nitrogens is 1. The first-order valence-corrected chi connectivity index (χ1v) is 12.2. The molecule has 2 aliphatic heterocycles. The third kappa shape index (κ3) is 3.27. The molecule has 33 heavy (non-hydrogen) atoms. The molecule has 0 atom stereocenters. The van der Waals surface area contributed by atoms with Gasteiger partial charge in [-0.25, -0.2) is 23.2 Å². The highest BCUT2D eigenvalue weighted by Crippen LogP contribution is 2.56. The molecule has 0 bridgehead atoms. The second-order valence-corrected chi connectivity index (χ2v) is 11.5. The van der Waals surface area contributed by atoms with Crippen LogP contribution in [-0.2, 0) is 6.42 Å². The molecule has 2 aromatic heterocycles. The van der Waals surface area contributed by atoms with Crippen LogP contribution in [0.1, 0.15) is 74.1 Å². The fourth-order valence-corrected chi connectivity index (χ4v) is 6.85. The van der Waals surface area contributed by atoms with Crippen molar-refractivity contribution in [1.29, 1.82) is 0 Å². The van der Waals surface area contributed by atoms with E-state index in [9.17, 15) is 13.6 Å². The van der Waals surface area contributed by atoms with Crippen LogP contribution >= 0.6 is 0 Å². The fraction of sp³-hybridized carbons (Fsp3) is 0.739. The Kier molecular flexibility index (Phi) is 4.08. The number of rotatable bonds is 5. The van der Waals surface area contributed by atoms with Crippen LogP contribution in [0.5, 0.6) is 0 Å². The minimum absolute atomic E-state index is 0.172. The maximum absolute atomic E-state index is 12.9. The monoisotopic (exact) mass is 457 g/mol. The smallest absolute Gasteiger partial charge is 0.320 e. The van der Waals surface area contributed by atoms with Crippen molar-refractivity contribution in [1.82, 2.24) is 34.8 Å². The van der Waals surface area contributed by atoms with Crippen molar-refractivity contribution in [2.45, 2.75) is 63.3 Å². The predicted octanol–water partition coefficient (Wildman–Crippen LogP) is 3.53. The summed E-state index contributed by atoms with van der Waals surface area (Å²) in [5, 5.41) is 11.1. The Morgan fingerprint density at radius 3 is 2.36 bits per heavy atom. The number of nitrogens with one attached hydrogen (secondary N) is 1. The first kappa shape index (κ1) is 19.9. The molecule has 0 unspecified atom stereocenters. The highest BCUT2D eigenvalue weighted by Gasteiger charge is 2.58. The van der Waals surface area contributed by atoms with Gasteiger partial charge < -0.3 is 9.80 Å². The standard InChI is InChI=1S/C23H29F2N7O/c24-19(25)18-4-16(27-28-18)3-14-5-22(6-14)9-30(10-22)21(33)31-11-23(12-31)7-17(8-23)32-13-26-20(29-32)15-1-2-15/h4,13-15,17,19H,1-3,5-12H2,(H,27,28). The van der Waals surface area contributed by atoms with E-state index in [-0.39, 0.29) is 22.6 Å². The van der Waals surface area contributed by atoms with Gasteiger partial charge in [0.2, 0.25) is 0 Å². The molecule has 10 heteroatoms. The van der Waals surface area contributed by atoms with Crippen LogP contribution in [0.15, 0.2) is 12.4 Å². The van der Waals surface area contributed by atoms with E-state index in [1.54, 1.807) is 0 Å². The van der Waals surface area contributed by atoms with Crippen LogP contribution in [0.2, 0.25) is 0 Å². The zero-order valence-electron chi connectivity index (χ0n) is 18.6. The molecule has 3 saturated carbocycles. The first-order chi connectivity index (χ1) is 15.9. The van der Waals surface area contributed by atoms with Gasteiger partial charge in [0.05, 0.1) is 6.04 Å². The Bertz CT molecular complexity index is 1060. The van der Waals surface area contributed by atoms with Crippen LogP contribution in [0, 0.1) is 16.7 Å². The van der Waals surface area contributed by atoms with Crippen LogP contribution in [0.4, 0.5) is 13.6 Å². The van der Waals surface area contributed by atoms with Gasteiger partial charge >= 0.3 is 6.03 Å². The van der Waals surface area contributed by atoms with E-state index in [4.69, 9.17) is 0 Å². The summed E-state index contributed by atoms with van der Waals surface area (Å²) in [5.41, 5.74) is 1.16. The van der Waals surface area contributed by atoms with Gasteiger partial charge in [-0.05, 0) is 56.9 Å². The van der Waals surface area contributed by atoms with Crippen molar-refractivity contribution < 1.29 is 13.6 Å². The number of aromatic nitrogens is 5. The van der Waals surface area contributed by atoms with Crippen molar-refractivity contribution in [3.8, 4) is 0 Å². The van der Waals surface area contributed by atoms with Gasteiger partial charge in [0.25, 0.3) is 6.43 Å². The van der Waals surface area contributed by atoms with Gasteiger partial charge in [-0.3, -0.25) is 5.10 Å². The van der Waals surface area contributed by atoms with Crippen LogP contribution in [0.25, 0.3) is 0 Å². The molecule has 2 amide bonds. The summed E-state index contributed by atoms with van der Waals surface area (Å²) in [6, 6.07) is 2.10. The lowest BCUT2D eigenvalue weighted by Gasteiger charge is -2.63. The second-order valence-electron chi connectivity index (χ2n) is 11.5. The average Bonchev–Trinajstić information content (AvgIpc) is 3.20. The predicted molar refractivity (Wildman–Crippen MR) is 114 cm³/mol. The van der Waals surface area contributed by atoms with E-state index in [0.29, 0.717) is 17.9 Å². The number of urea groups is 1. The van der Waals surface area contributed by atoms with Crippen LogP contribution in [0.3, 0.4) is 0 Å². The third-order valence-electron chi connectivity index (χ3n) is 8.65. The lowest BCUT2D eigenvalue weighted by molar-refractivity contribution is -0.107. The maximum atomic E-state index is 12.9. The molecule has 2 aromatic rings. The van der Waals surface area contributed by atoms with E-state index in [1.165, 1.54) is 18.9 Å². The molecule has 2 saturated heterocycles. The minimum Gasteiger partial charge on any atom is -0.323 e. The number of carbonyl (C=O) groups excluding carboxylic acids is 1. The Hall–Kier alpha value is -2.52. The molecule has 3 aliphatic carbocycles. The fourth-order valence-electron chi connectivity index (χ4n) is 6.85. The molecule has 8 nitrogen and oxygen atoms in total. The lowest BCUT2D eigenvalue weighted by Crippen LogP contribution is -2.71. The Balaban J connectivity index is 0.845. The van der Waals surface area contributed by atoms with Crippen molar-refractivity contribution in [2.24, 2.45) is 16.7 Å². The summed E-state index contributed by atoms with van der Waals surface area (Å²) in [6.07, 6.45) is 6.89. The van der Waals surface area contributed by atoms with Crippen LogP contribution in [-0.4, -0.2) is 67.0 Å². The van der Waals surface area contributed by atoms with E-state index in [1.807, 2.05) is 20.8 Å². The third-order valence-corrected chi connectivity index (χ3v) is 8.65. The van der Waals surface area contributed by atoms with Gasteiger partial charge in [-0.2, -0.15) is 10.2 Å². The molecule has 5 aliphatic rings. The number of halogens is 2. The summed E-state index contributed by atoms with van der Waals surface area (Å²) >= 11 is 0. The first-order valence-electron chi connectivity index (χ1n) is 12.2. The molecule has 0 aromatic carbocycles. The molecule has 5 fully saturated rings. The molecule has 4 heterocycles. The summed E-state index contributed by atoms with van der Waals surface area (Å²) in [5.74, 6) is 2.09. The number of alkyl halides is 2. The maximum Gasteiger partial charge on any atom is 0.320 e. The topological polar surface area (TPSA) is 82.9 Å². The molecular formula is C23H29F2N7O. The highest BCUT2D eigenvalue weighted by molar-refractivity contribution is 5.77. The number of aromatic amines is 1. The number of hydrogen-bond acceptors (Lipinski definition) is 4. The SMILES string of the molecule is O=C(N1CC2(CC(Cc3cc(C(F)F)n[nH]3)C2)C1)N1CC2(CC(n3cnc(C4CC4)n3)C2)C1. The number of carbonyl (C=O) groups is 1. The van der Waals surface area contributed by atoms with E-state index < -0.39 is 6.43 Å². The van der Waals surface area contributed by atoms with Crippen molar-refractivity contribution in [3.05, 3.63) is 29.6 Å². The molecular weight excluding hydrogens is 428 g/mol. The number of amides is 2. The Labute approximate surface area is 190 Å². The van der Waals surface area contributed by atoms with Gasteiger partial charge in [-0.15, -0.1) is 0 Å². The van der Waals surface area contributed by atoms with Crippen molar-refractivity contribution in [3.63, 3.8) is 0 Å². The van der Waals surface area contributed by atoms with Gasteiger partial charge in [0, 0.05) is 48.6 Å². The molecule has 2 spiro atoms. The average molecular weight is 458 g/mol. The summed E-state index contributed by atoms with van der Waals surface area (Å²) in [6.45, 7) is 3.40. The quantitative estimate of drug-likeness (QED) is 0.745. The lowest BCUT2D eigenvalue weighted by atomic mass is 9.56. The molecule has 1 N–H and O–H groups in total. The summed E-state index contributed by atoms with van der Waals surface area (Å²) in [7, 11) is 0. The second kappa shape index (κ2) is 6.76. The zero-order chi connectivity index (χ0) is 22.4. The molecule has 7 rings (SSSR count). The summed E-state index contributed by atoms with van der Waals surface area (Å²) in [4.78, 5) is 21.3. The normalized spacial score (nSPS) is 25.8. The van der Waals surface area contributed by atoms with Gasteiger partial charge in [-0.1, -0.05) is 0 Å². The molecule has 176 valence electrons. The highest BCUT2D eigenvalue weighted by atomic mass is 19.3. The summed E-state index contributed by atoms with van der Waals surface area (Å²) < 4.78 is 27.4. The molecule has 0 radical (unpaired) electrons. The minimum atomic E-state index is -2.52. The number of hydrogen-bond donors (Lipinski definition) is 1. The van der Waals surface area contributed by atoms with Gasteiger partial charge in [0.15, 0.2) is 5.82 Å².